The SMILES string of the molecule is C=CCCCCCN(C)C(=O)[C@@H](N)Cc1ccccc1. The monoisotopic (exact) mass is 274 g/mol. The van der Waals surface area contributed by atoms with Gasteiger partial charge in [-0.1, -0.05) is 42.8 Å². The van der Waals surface area contributed by atoms with E-state index in [1.165, 1.54) is 0 Å². The van der Waals surface area contributed by atoms with Crippen molar-refractivity contribution in [3.63, 3.8) is 0 Å². The molecule has 0 saturated heterocycles. The third-order valence-electron chi connectivity index (χ3n) is 3.39. The van der Waals surface area contributed by atoms with Gasteiger partial charge in [0.05, 0.1) is 6.04 Å². The minimum absolute atomic E-state index is 0.0255. The molecule has 0 aliphatic rings. The number of hydrogen-bond donors (Lipinski definition) is 1. The van der Waals surface area contributed by atoms with Crippen LogP contribution in [0.2, 0.25) is 0 Å². The first-order valence-corrected chi connectivity index (χ1v) is 7.30. The first-order valence-electron chi connectivity index (χ1n) is 7.30. The molecule has 1 aromatic rings. The Labute approximate surface area is 122 Å². The van der Waals surface area contributed by atoms with E-state index < -0.39 is 6.04 Å². The molecule has 1 rings (SSSR count). The van der Waals surface area contributed by atoms with Gasteiger partial charge >= 0.3 is 0 Å². The Morgan fingerprint density at radius 1 is 1.30 bits per heavy atom. The Bertz CT molecular complexity index is 403. The number of hydrogen-bond acceptors (Lipinski definition) is 2. The van der Waals surface area contributed by atoms with Crippen molar-refractivity contribution in [1.82, 2.24) is 4.90 Å². The lowest BCUT2D eigenvalue weighted by atomic mass is 10.1. The number of carbonyl (C=O) groups excluding carboxylic acids is 1. The molecule has 1 aromatic carbocycles. The van der Waals surface area contributed by atoms with E-state index in [0.717, 1.165) is 37.8 Å². The number of likely N-dealkylation sites (N-methyl/N-ethyl adjacent to an activating group) is 1. The summed E-state index contributed by atoms with van der Waals surface area (Å²) >= 11 is 0. The minimum Gasteiger partial charge on any atom is -0.344 e. The van der Waals surface area contributed by atoms with E-state index in [-0.39, 0.29) is 5.91 Å². The zero-order chi connectivity index (χ0) is 14.8. The van der Waals surface area contributed by atoms with Crippen molar-refractivity contribution in [2.45, 2.75) is 38.1 Å². The molecule has 0 radical (unpaired) electrons. The molecule has 2 N–H and O–H groups in total. The van der Waals surface area contributed by atoms with Crippen molar-refractivity contribution >= 4 is 5.91 Å². The zero-order valence-electron chi connectivity index (χ0n) is 12.4. The zero-order valence-corrected chi connectivity index (χ0v) is 12.4. The topological polar surface area (TPSA) is 46.3 Å². The normalized spacial score (nSPS) is 11.9. The molecule has 3 heteroatoms. The summed E-state index contributed by atoms with van der Waals surface area (Å²) in [5.41, 5.74) is 7.10. The van der Waals surface area contributed by atoms with Crippen molar-refractivity contribution < 1.29 is 4.79 Å². The quantitative estimate of drug-likeness (QED) is 0.556. The Kier molecular flexibility index (Phi) is 7.66. The maximum absolute atomic E-state index is 12.2. The molecule has 3 nitrogen and oxygen atoms in total. The Morgan fingerprint density at radius 3 is 2.65 bits per heavy atom. The Balaban J connectivity index is 2.30. The minimum atomic E-state index is -0.449. The van der Waals surface area contributed by atoms with E-state index in [0.29, 0.717) is 6.42 Å². The lowest BCUT2D eigenvalue weighted by Crippen LogP contribution is -2.43. The van der Waals surface area contributed by atoms with Crippen molar-refractivity contribution in [2.24, 2.45) is 5.73 Å². The van der Waals surface area contributed by atoms with Gasteiger partial charge in [0, 0.05) is 13.6 Å². The van der Waals surface area contributed by atoms with Gasteiger partial charge in [-0.15, -0.1) is 6.58 Å². The summed E-state index contributed by atoms with van der Waals surface area (Å²) < 4.78 is 0. The van der Waals surface area contributed by atoms with Gasteiger partial charge in [-0.25, -0.2) is 0 Å². The van der Waals surface area contributed by atoms with Crippen LogP contribution in [0.3, 0.4) is 0 Å². The average Bonchev–Trinajstić information content (AvgIpc) is 2.47. The molecule has 0 heterocycles. The smallest absolute Gasteiger partial charge is 0.239 e. The van der Waals surface area contributed by atoms with Crippen LogP contribution in [0, 0.1) is 0 Å². The molecule has 0 saturated carbocycles. The molecular weight excluding hydrogens is 248 g/mol. The number of benzene rings is 1. The van der Waals surface area contributed by atoms with Crippen LogP contribution in [0.4, 0.5) is 0 Å². The second-order valence-corrected chi connectivity index (χ2v) is 5.19. The van der Waals surface area contributed by atoms with Crippen LogP contribution in [-0.4, -0.2) is 30.4 Å². The van der Waals surface area contributed by atoms with Gasteiger partial charge in [-0.3, -0.25) is 4.79 Å². The number of nitrogens with zero attached hydrogens (tertiary/aromatic N) is 1. The number of carbonyl (C=O) groups is 1. The largest absolute Gasteiger partial charge is 0.344 e. The maximum Gasteiger partial charge on any atom is 0.239 e. The van der Waals surface area contributed by atoms with Gasteiger partial charge in [0.15, 0.2) is 0 Å². The van der Waals surface area contributed by atoms with Gasteiger partial charge in [0.25, 0.3) is 0 Å². The van der Waals surface area contributed by atoms with Gasteiger partial charge in [-0.2, -0.15) is 0 Å². The molecule has 0 bridgehead atoms. The number of unbranched alkanes of at least 4 members (excludes halogenated alkanes) is 3. The summed E-state index contributed by atoms with van der Waals surface area (Å²) in [5, 5.41) is 0. The molecule has 1 amide bonds. The average molecular weight is 274 g/mol. The molecule has 0 spiro atoms. The lowest BCUT2D eigenvalue weighted by Gasteiger charge is -2.21. The molecular formula is C17H26N2O. The predicted molar refractivity (Wildman–Crippen MR) is 84.4 cm³/mol. The van der Waals surface area contributed by atoms with Crippen LogP contribution in [0.15, 0.2) is 43.0 Å². The van der Waals surface area contributed by atoms with Crippen LogP contribution >= 0.6 is 0 Å². The number of allylic oxidation sites excluding steroid dienone is 1. The summed E-state index contributed by atoms with van der Waals surface area (Å²) in [5.74, 6) is 0.0255. The highest BCUT2D eigenvalue weighted by Crippen LogP contribution is 2.06. The standard InChI is InChI=1S/C17H26N2O/c1-3-4-5-6-10-13-19(2)17(20)16(18)14-15-11-8-7-9-12-15/h3,7-9,11-12,16H,1,4-6,10,13-14,18H2,2H3/t16-/m0/s1. The first-order chi connectivity index (χ1) is 9.65. The van der Waals surface area contributed by atoms with E-state index in [2.05, 4.69) is 6.58 Å². The molecule has 0 aliphatic heterocycles. The summed E-state index contributed by atoms with van der Waals surface area (Å²) in [6.45, 7) is 4.48. The molecule has 0 fully saturated rings. The fourth-order valence-electron chi connectivity index (χ4n) is 2.16. The van der Waals surface area contributed by atoms with Gasteiger partial charge in [0.2, 0.25) is 5.91 Å². The van der Waals surface area contributed by atoms with Crippen LogP contribution in [0.25, 0.3) is 0 Å². The van der Waals surface area contributed by atoms with Gasteiger partial charge in [-0.05, 0) is 31.2 Å². The number of amides is 1. The van der Waals surface area contributed by atoms with E-state index in [1.807, 2.05) is 43.5 Å². The lowest BCUT2D eigenvalue weighted by molar-refractivity contribution is -0.131. The van der Waals surface area contributed by atoms with Crippen molar-refractivity contribution in [2.75, 3.05) is 13.6 Å². The van der Waals surface area contributed by atoms with E-state index in [1.54, 1.807) is 4.90 Å². The Morgan fingerprint density at radius 2 is 2.00 bits per heavy atom. The van der Waals surface area contributed by atoms with Crippen LogP contribution in [0.5, 0.6) is 0 Å². The summed E-state index contributed by atoms with van der Waals surface area (Å²) in [6.07, 6.45) is 6.86. The summed E-state index contributed by atoms with van der Waals surface area (Å²) in [7, 11) is 1.83. The van der Waals surface area contributed by atoms with Crippen molar-refractivity contribution in [3.05, 3.63) is 48.6 Å². The number of rotatable bonds is 9. The van der Waals surface area contributed by atoms with Crippen molar-refractivity contribution in [3.8, 4) is 0 Å². The second kappa shape index (κ2) is 9.32. The van der Waals surface area contributed by atoms with Crippen molar-refractivity contribution in [1.29, 1.82) is 0 Å². The fourth-order valence-corrected chi connectivity index (χ4v) is 2.16. The molecule has 20 heavy (non-hydrogen) atoms. The third-order valence-corrected chi connectivity index (χ3v) is 3.39. The maximum atomic E-state index is 12.2. The van der Waals surface area contributed by atoms with E-state index in [4.69, 9.17) is 5.73 Å². The Hall–Kier alpha value is -1.61. The molecule has 110 valence electrons. The number of nitrogens with two attached hydrogens (primary N) is 1. The van der Waals surface area contributed by atoms with Gasteiger partial charge in [0.1, 0.15) is 0 Å². The van der Waals surface area contributed by atoms with E-state index in [9.17, 15) is 4.79 Å². The highest BCUT2D eigenvalue weighted by molar-refractivity contribution is 5.81. The summed E-state index contributed by atoms with van der Waals surface area (Å²) in [6, 6.07) is 9.46. The fraction of sp³-hybridized carbons (Fsp3) is 0.471. The molecule has 0 unspecified atom stereocenters. The van der Waals surface area contributed by atoms with Gasteiger partial charge < -0.3 is 10.6 Å². The van der Waals surface area contributed by atoms with Crippen LogP contribution in [0.1, 0.15) is 31.2 Å². The summed E-state index contributed by atoms with van der Waals surface area (Å²) in [4.78, 5) is 13.9. The highest BCUT2D eigenvalue weighted by Gasteiger charge is 2.17. The predicted octanol–water partition coefficient (Wildman–Crippen LogP) is 2.76. The molecule has 0 aromatic heterocycles. The third kappa shape index (κ3) is 6.02. The molecule has 1 atom stereocenters. The second-order valence-electron chi connectivity index (χ2n) is 5.19. The first kappa shape index (κ1) is 16.4. The van der Waals surface area contributed by atoms with E-state index >= 15 is 0 Å². The highest BCUT2D eigenvalue weighted by atomic mass is 16.2. The molecule has 0 aliphatic carbocycles. The van der Waals surface area contributed by atoms with Crippen LogP contribution in [-0.2, 0) is 11.2 Å². The van der Waals surface area contributed by atoms with Crippen LogP contribution < -0.4 is 5.73 Å².